The fourth-order valence-electron chi connectivity index (χ4n) is 2.56. The zero-order valence-electron chi connectivity index (χ0n) is 10.4. The minimum atomic E-state index is -0.317. The maximum absolute atomic E-state index is 11.9. The molecule has 0 aromatic rings. The van der Waals surface area contributed by atoms with Crippen LogP contribution in [0.3, 0.4) is 0 Å². The van der Waals surface area contributed by atoms with Crippen LogP contribution in [-0.4, -0.2) is 47.8 Å². The number of hydrogen-bond donors (Lipinski definition) is 1. The SMILES string of the molecule is CCC[C@@]1(CO)CCCN1C(=O)COCC. The first-order valence-electron chi connectivity index (χ1n) is 6.19. The van der Waals surface area contributed by atoms with E-state index in [1.54, 1.807) is 0 Å². The van der Waals surface area contributed by atoms with Crippen LogP contribution in [0.25, 0.3) is 0 Å². The fraction of sp³-hybridized carbons (Fsp3) is 0.917. The van der Waals surface area contributed by atoms with Crippen molar-refractivity contribution in [2.24, 2.45) is 0 Å². The molecule has 1 rings (SSSR count). The number of nitrogens with zero attached hydrogens (tertiary/aromatic N) is 1. The van der Waals surface area contributed by atoms with Crippen LogP contribution in [0.2, 0.25) is 0 Å². The molecule has 0 spiro atoms. The average Bonchev–Trinajstić information content (AvgIpc) is 2.71. The molecule has 0 aliphatic carbocycles. The Labute approximate surface area is 97.6 Å². The molecule has 4 nitrogen and oxygen atoms in total. The molecular formula is C12H23NO3. The highest BCUT2D eigenvalue weighted by Crippen LogP contribution is 2.33. The lowest BCUT2D eigenvalue weighted by molar-refractivity contribution is -0.142. The van der Waals surface area contributed by atoms with Crippen molar-refractivity contribution in [1.29, 1.82) is 0 Å². The molecule has 1 fully saturated rings. The summed E-state index contributed by atoms with van der Waals surface area (Å²) in [7, 11) is 0. The topological polar surface area (TPSA) is 49.8 Å². The third kappa shape index (κ3) is 2.74. The first kappa shape index (κ1) is 13.5. The van der Waals surface area contributed by atoms with Crippen molar-refractivity contribution in [3.63, 3.8) is 0 Å². The third-order valence-electron chi connectivity index (χ3n) is 3.34. The van der Waals surface area contributed by atoms with E-state index in [1.807, 2.05) is 11.8 Å². The molecule has 1 aliphatic rings. The van der Waals surface area contributed by atoms with E-state index in [4.69, 9.17) is 4.74 Å². The van der Waals surface area contributed by atoms with Gasteiger partial charge in [0, 0.05) is 13.2 Å². The molecule has 4 heteroatoms. The minimum Gasteiger partial charge on any atom is -0.394 e. The van der Waals surface area contributed by atoms with Gasteiger partial charge < -0.3 is 14.7 Å². The Morgan fingerprint density at radius 2 is 2.25 bits per heavy atom. The highest BCUT2D eigenvalue weighted by Gasteiger charge is 2.42. The number of ether oxygens (including phenoxy) is 1. The molecular weight excluding hydrogens is 206 g/mol. The van der Waals surface area contributed by atoms with E-state index >= 15 is 0 Å². The van der Waals surface area contributed by atoms with Gasteiger partial charge in [-0.1, -0.05) is 13.3 Å². The molecule has 0 saturated carbocycles. The van der Waals surface area contributed by atoms with Crippen LogP contribution in [0.5, 0.6) is 0 Å². The maximum Gasteiger partial charge on any atom is 0.249 e. The van der Waals surface area contributed by atoms with Crippen LogP contribution in [-0.2, 0) is 9.53 Å². The smallest absolute Gasteiger partial charge is 0.249 e. The number of likely N-dealkylation sites (tertiary alicyclic amines) is 1. The summed E-state index contributed by atoms with van der Waals surface area (Å²) in [6.45, 7) is 5.48. The van der Waals surface area contributed by atoms with Crippen molar-refractivity contribution in [2.75, 3.05) is 26.4 Å². The van der Waals surface area contributed by atoms with E-state index < -0.39 is 0 Å². The monoisotopic (exact) mass is 229 g/mol. The van der Waals surface area contributed by atoms with Crippen LogP contribution in [0, 0.1) is 0 Å². The van der Waals surface area contributed by atoms with Crippen molar-refractivity contribution in [1.82, 2.24) is 4.90 Å². The van der Waals surface area contributed by atoms with E-state index in [-0.39, 0.29) is 24.7 Å². The molecule has 1 saturated heterocycles. The largest absolute Gasteiger partial charge is 0.394 e. The summed E-state index contributed by atoms with van der Waals surface area (Å²) in [6, 6.07) is 0. The molecule has 0 aromatic heterocycles. The molecule has 16 heavy (non-hydrogen) atoms. The van der Waals surface area contributed by atoms with Crippen molar-refractivity contribution >= 4 is 5.91 Å². The molecule has 1 heterocycles. The lowest BCUT2D eigenvalue weighted by Crippen LogP contribution is -2.51. The van der Waals surface area contributed by atoms with Crippen LogP contribution in [0.15, 0.2) is 0 Å². The molecule has 1 atom stereocenters. The number of carbonyl (C=O) groups is 1. The Morgan fingerprint density at radius 1 is 1.50 bits per heavy atom. The maximum atomic E-state index is 11.9. The van der Waals surface area contributed by atoms with Gasteiger partial charge in [-0.25, -0.2) is 0 Å². The lowest BCUT2D eigenvalue weighted by atomic mass is 9.91. The average molecular weight is 229 g/mol. The first-order chi connectivity index (χ1) is 7.70. The highest BCUT2D eigenvalue weighted by atomic mass is 16.5. The van der Waals surface area contributed by atoms with E-state index in [0.29, 0.717) is 6.61 Å². The number of carbonyl (C=O) groups excluding carboxylic acids is 1. The summed E-state index contributed by atoms with van der Waals surface area (Å²) < 4.78 is 5.15. The Bertz CT molecular complexity index is 232. The third-order valence-corrected chi connectivity index (χ3v) is 3.34. The van der Waals surface area contributed by atoms with E-state index in [0.717, 1.165) is 32.2 Å². The van der Waals surface area contributed by atoms with Gasteiger partial charge in [0.1, 0.15) is 6.61 Å². The highest BCUT2D eigenvalue weighted by molar-refractivity contribution is 5.78. The van der Waals surface area contributed by atoms with Crippen LogP contribution >= 0.6 is 0 Å². The number of aliphatic hydroxyl groups is 1. The van der Waals surface area contributed by atoms with Crippen LogP contribution in [0.4, 0.5) is 0 Å². The van der Waals surface area contributed by atoms with Gasteiger partial charge in [0.2, 0.25) is 5.91 Å². The standard InChI is InChI=1S/C12H23NO3/c1-3-6-12(10-14)7-5-8-13(12)11(15)9-16-4-2/h14H,3-10H2,1-2H3/t12-/m0/s1. The summed E-state index contributed by atoms with van der Waals surface area (Å²) in [5.74, 6) is 0.0156. The quantitative estimate of drug-likeness (QED) is 0.744. The van der Waals surface area contributed by atoms with E-state index in [9.17, 15) is 9.90 Å². The van der Waals surface area contributed by atoms with Crippen molar-refractivity contribution in [3.8, 4) is 0 Å². The van der Waals surface area contributed by atoms with Gasteiger partial charge in [0.25, 0.3) is 0 Å². The zero-order chi connectivity index (χ0) is 12.0. The Hall–Kier alpha value is -0.610. The minimum absolute atomic E-state index is 0.0156. The van der Waals surface area contributed by atoms with Gasteiger partial charge in [0.05, 0.1) is 12.1 Å². The molecule has 0 aromatic carbocycles. The zero-order valence-corrected chi connectivity index (χ0v) is 10.4. The molecule has 0 radical (unpaired) electrons. The van der Waals surface area contributed by atoms with E-state index in [1.165, 1.54) is 0 Å². The van der Waals surface area contributed by atoms with Gasteiger partial charge in [-0.15, -0.1) is 0 Å². The molecule has 1 aliphatic heterocycles. The molecule has 1 amide bonds. The van der Waals surface area contributed by atoms with Crippen LogP contribution < -0.4 is 0 Å². The van der Waals surface area contributed by atoms with Gasteiger partial charge >= 0.3 is 0 Å². The lowest BCUT2D eigenvalue weighted by Gasteiger charge is -2.37. The summed E-state index contributed by atoms with van der Waals surface area (Å²) >= 11 is 0. The van der Waals surface area contributed by atoms with Gasteiger partial charge in [-0.3, -0.25) is 4.79 Å². The van der Waals surface area contributed by atoms with Gasteiger partial charge in [-0.05, 0) is 26.2 Å². The second kappa shape index (κ2) is 6.21. The predicted molar refractivity (Wildman–Crippen MR) is 62.2 cm³/mol. The van der Waals surface area contributed by atoms with Crippen molar-refractivity contribution in [3.05, 3.63) is 0 Å². The Kier molecular flexibility index (Phi) is 5.22. The number of rotatable bonds is 6. The number of amides is 1. The van der Waals surface area contributed by atoms with Crippen LogP contribution in [0.1, 0.15) is 39.5 Å². The van der Waals surface area contributed by atoms with E-state index in [2.05, 4.69) is 6.92 Å². The number of hydrogen-bond acceptors (Lipinski definition) is 3. The summed E-state index contributed by atoms with van der Waals surface area (Å²) in [6.07, 6.45) is 3.76. The Morgan fingerprint density at radius 3 is 2.81 bits per heavy atom. The fourth-order valence-corrected chi connectivity index (χ4v) is 2.56. The summed E-state index contributed by atoms with van der Waals surface area (Å²) in [5, 5.41) is 9.56. The molecule has 0 unspecified atom stereocenters. The first-order valence-corrected chi connectivity index (χ1v) is 6.19. The second-order valence-electron chi connectivity index (χ2n) is 4.42. The van der Waals surface area contributed by atoms with Gasteiger partial charge in [-0.2, -0.15) is 0 Å². The summed E-state index contributed by atoms with van der Waals surface area (Å²) in [5.41, 5.74) is -0.317. The second-order valence-corrected chi connectivity index (χ2v) is 4.42. The van der Waals surface area contributed by atoms with Crippen molar-refractivity contribution in [2.45, 2.75) is 45.1 Å². The molecule has 1 N–H and O–H groups in total. The predicted octanol–water partition coefficient (Wildman–Crippen LogP) is 1.18. The van der Waals surface area contributed by atoms with Gasteiger partial charge in [0.15, 0.2) is 0 Å². The Balaban J connectivity index is 2.65. The normalized spacial score (nSPS) is 25.1. The molecule has 0 bridgehead atoms. The molecule has 94 valence electrons. The van der Waals surface area contributed by atoms with Crippen molar-refractivity contribution < 1.29 is 14.6 Å². The summed E-state index contributed by atoms with van der Waals surface area (Å²) in [4.78, 5) is 13.8. The number of aliphatic hydroxyl groups excluding tert-OH is 1.